The van der Waals surface area contributed by atoms with E-state index in [1.807, 2.05) is 0 Å². The number of aldehydes is 1. The maximum Gasteiger partial charge on any atom is 0.169 e. The van der Waals surface area contributed by atoms with Gasteiger partial charge in [0.25, 0.3) is 0 Å². The van der Waals surface area contributed by atoms with Crippen molar-refractivity contribution in [1.82, 2.24) is 4.98 Å². The molecule has 0 bridgehead atoms. The molecule has 3 heteroatoms. The second-order valence-electron chi connectivity index (χ2n) is 2.72. The molecular weight excluding hydrogens is 166 g/mol. The molecule has 1 aromatic carbocycles. The fourth-order valence-corrected chi connectivity index (χ4v) is 1.28. The minimum Gasteiger partial charge on any atom is -0.508 e. The molecule has 2 rings (SSSR count). The van der Waals surface area contributed by atoms with Gasteiger partial charge < -0.3 is 5.11 Å². The van der Waals surface area contributed by atoms with E-state index < -0.39 is 0 Å². The second-order valence-corrected chi connectivity index (χ2v) is 2.72. The van der Waals surface area contributed by atoms with E-state index in [9.17, 15) is 9.90 Å². The van der Waals surface area contributed by atoms with Crippen molar-refractivity contribution >= 4 is 17.1 Å². The molecule has 64 valence electrons. The normalized spacial score (nSPS) is 10.2. The van der Waals surface area contributed by atoms with E-state index in [4.69, 9.17) is 0 Å². The fraction of sp³-hybridized carbons (Fsp3) is 0. The first kappa shape index (κ1) is 7.73. The smallest absolute Gasteiger partial charge is 0.169 e. The number of aromatic hydroxyl groups is 1. The van der Waals surface area contributed by atoms with Crippen molar-refractivity contribution in [3.05, 3.63) is 36.2 Å². The number of nitrogens with zero attached hydrogens (tertiary/aromatic N) is 1. The van der Waals surface area contributed by atoms with Crippen molar-refractivity contribution in [1.29, 1.82) is 0 Å². The Kier molecular flexibility index (Phi) is 1.70. The van der Waals surface area contributed by atoms with Crippen molar-refractivity contribution in [3.63, 3.8) is 0 Å². The molecule has 1 aromatic heterocycles. The molecule has 0 aliphatic carbocycles. The van der Waals surface area contributed by atoms with Crippen LogP contribution in [0.25, 0.3) is 10.8 Å². The molecule has 1 N–H and O–H groups in total. The molecule has 0 fully saturated rings. The summed E-state index contributed by atoms with van der Waals surface area (Å²) in [4.78, 5) is 14.5. The van der Waals surface area contributed by atoms with Gasteiger partial charge in [-0.25, -0.2) is 0 Å². The zero-order chi connectivity index (χ0) is 9.26. The van der Waals surface area contributed by atoms with Crippen LogP contribution in [0.15, 0.2) is 30.5 Å². The summed E-state index contributed by atoms with van der Waals surface area (Å²) in [6, 6.07) is 6.57. The van der Waals surface area contributed by atoms with Gasteiger partial charge in [-0.2, -0.15) is 0 Å². The zero-order valence-electron chi connectivity index (χ0n) is 6.77. The topological polar surface area (TPSA) is 50.2 Å². The second kappa shape index (κ2) is 2.86. The summed E-state index contributed by atoms with van der Waals surface area (Å²) in [6.45, 7) is 0. The summed E-state index contributed by atoms with van der Waals surface area (Å²) >= 11 is 0. The van der Waals surface area contributed by atoms with Crippen molar-refractivity contribution < 1.29 is 9.90 Å². The minimum atomic E-state index is 0.190. The molecule has 2 aromatic rings. The van der Waals surface area contributed by atoms with Crippen LogP contribution in [0.4, 0.5) is 0 Å². The number of aromatic nitrogens is 1. The Morgan fingerprint density at radius 2 is 2.15 bits per heavy atom. The van der Waals surface area contributed by atoms with Gasteiger partial charge in [0.15, 0.2) is 6.29 Å². The van der Waals surface area contributed by atoms with E-state index in [-0.39, 0.29) is 5.75 Å². The van der Waals surface area contributed by atoms with Crippen molar-refractivity contribution in [2.75, 3.05) is 0 Å². The number of phenols is 1. The largest absolute Gasteiger partial charge is 0.508 e. The van der Waals surface area contributed by atoms with Crippen LogP contribution in [0.1, 0.15) is 10.5 Å². The lowest BCUT2D eigenvalue weighted by Gasteiger charge is -1.99. The molecule has 0 saturated carbocycles. The maximum atomic E-state index is 10.6. The number of benzene rings is 1. The molecule has 0 atom stereocenters. The highest BCUT2D eigenvalue weighted by atomic mass is 16.3. The first-order valence-electron chi connectivity index (χ1n) is 3.84. The fourth-order valence-electron chi connectivity index (χ4n) is 1.28. The van der Waals surface area contributed by atoms with E-state index in [1.165, 1.54) is 6.07 Å². The summed E-state index contributed by atoms with van der Waals surface area (Å²) in [6.07, 6.45) is 2.25. The Hall–Kier alpha value is -1.90. The van der Waals surface area contributed by atoms with Crippen LogP contribution in [0, 0.1) is 0 Å². The monoisotopic (exact) mass is 173 g/mol. The number of hydrogen-bond donors (Lipinski definition) is 1. The van der Waals surface area contributed by atoms with Crippen molar-refractivity contribution in [2.45, 2.75) is 0 Å². The predicted octanol–water partition coefficient (Wildman–Crippen LogP) is 1.75. The molecule has 1 heterocycles. The standard InChI is InChI=1S/C10H7NO2/c12-6-10-9-2-1-8(13)5-7(9)3-4-11-10/h1-6,13H. The number of fused-ring (bicyclic) bond motifs is 1. The molecule has 0 aliphatic rings. The van der Waals surface area contributed by atoms with Gasteiger partial charge in [-0.05, 0) is 29.7 Å². The molecule has 0 radical (unpaired) electrons. The number of carbonyl (C=O) groups excluding carboxylic acids is 1. The van der Waals surface area contributed by atoms with Crippen LogP contribution in [-0.4, -0.2) is 16.4 Å². The third-order valence-electron chi connectivity index (χ3n) is 1.89. The highest BCUT2D eigenvalue weighted by Gasteiger charge is 2.00. The van der Waals surface area contributed by atoms with Crippen LogP contribution < -0.4 is 0 Å². The molecule has 0 amide bonds. The average molecular weight is 173 g/mol. The minimum absolute atomic E-state index is 0.190. The molecule has 3 nitrogen and oxygen atoms in total. The number of pyridine rings is 1. The summed E-state index contributed by atoms with van der Waals surface area (Å²) < 4.78 is 0. The third-order valence-corrected chi connectivity index (χ3v) is 1.89. The Bertz CT molecular complexity index is 465. The Morgan fingerprint density at radius 3 is 2.92 bits per heavy atom. The van der Waals surface area contributed by atoms with Gasteiger partial charge >= 0.3 is 0 Å². The van der Waals surface area contributed by atoms with Gasteiger partial charge in [-0.3, -0.25) is 9.78 Å². The average Bonchev–Trinajstić information content (AvgIpc) is 2.16. The van der Waals surface area contributed by atoms with Gasteiger partial charge in [0, 0.05) is 11.6 Å². The van der Waals surface area contributed by atoms with Gasteiger partial charge in [-0.15, -0.1) is 0 Å². The van der Waals surface area contributed by atoms with Gasteiger partial charge in [0.2, 0.25) is 0 Å². The lowest BCUT2D eigenvalue weighted by Crippen LogP contribution is -1.87. The highest BCUT2D eigenvalue weighted by molar-refractivity contribution is 5.96. The van der Waals surface area contributed by atoms with Crippen LogP contribution >= 0.6 is 0 Å². The van der Waals surface area contributed by atoms with E-state index in [1.54, 1.807) is 24.4 Å². The van der Waals surface area contributed by atoms with Crippen molar-refractivity contribution in [2.24, 2.45) is 0 Å². The number of phenolic OH excluding ortho intramolecular Hbond substituents is 1. The Balaban J connectivity index is 2.84. The Morgan fingerprint density at radius 1 is 1.31 bits per heavy atom. The summed E-state index contributed by atoms with van der Waals surface area (Å²) in [7, 11) is 0. The highest BCUT2D eigenvalue weighted by Crippen LogP contribution is 2.20. The van der Waals surface area contributed by atoms with Crippen LogP contribution in [0.2, 0.25) is 0 Å². The molecular formula is C10H7NO2. The molecule has 0 spiro atoms. The maximum absolute atomic E-state index is 10.6. The van der Waals surface area contributed by atoms with Gasteiger partial charge in [-0.1, -0.05) is 0 Å². The lowest BCUT2D eigenvalue weighted by molar-refractivity contribution is 0.112. The van der Waals surface area contributed by atoms with Crippen LogP contribution in [-0.2, 0) is 0 Å². The quantitative estimate of drug-likeness (QED) is 0.668. The first-order valence-corrected chi connectivity index (χ1v) is 3.84. The predicted molar refractivity (Wildman–Crippen MR) is 48.8 cm³/mol. The summed E-state index contributed by atoms with van der Waals surface area (Å²) in [5.74, 6) is 0.190. The number of rotatable bonds is 1. The summed E-state index contributed by atoms with van der Waals surface area (Å²) in [5.41, 5.74) is 0.400. The SMILES string of the molecule is O=Cc1nccc2cc(O)ccc12. The number of carbonyl (C=O) groups is 1. The molecule has 0 saturated heterocycles. The van der Waals surface area contributed by atoms with E-state index >= 15 is 0 Å². The van der Waals surface area contributed by atoms with Gasteiger partial charge in [0.05, 0.1) is 0 Å². The van der Waals surface area contributed by atoms with E-state index in [0.29, 0.717) is 12.0 Å². The lowest BCUT2D eigenvalue weighted by atomic mass is 10.1. The molecule has 0 unspecified atom stereocenters. The van der Waals surface area contributed by atoms with Crippen molar-refractivity contribution in [3.8, 4) is 5.75 Å². The van der Waals surface area contributed by atoms with Crippen LogP contribution in [0.5, 0.6) is 5.75 Å². The Labute approximate surface area is 74.7 Å². The first-order chi connectivity index (χ1) is 6.31. The zero-order valence-corrected chi connectivity index (χ0v) is 6.77. The molecule has 13 heavy (non-hydrogen) atoms. The van der Waals surface area contributed by atoms with Gasteiger partial charge in [0.1, 0.15) is 11.4 Å². The third kappa shape index (κ3) is 1.24. The molecule has 0 aliphatic heterocycles. The van der Waals surface area contributed by atoms with E-state index in [2.05, 4.69) is 4.98 Å². The van der Waals surface area contributed by atoms with Crippen LogP contribution in [0.3, 0.4) is 0 Å². The number of hydrogen-bond acceptors (Lipinski definition) is 3. The van der Waals surface area contributed by atoms with E-state index in [0.717, 1.165) is 10.8 Å². The summed E-state index contributed by atoms with van der Waals surface area (Å²) in [5, 5.41) is 10.8.